The topological polar surface area (TPSA) is 66.8 Å². The lowest BCUT2D eigenvalue weighted by Gasteiger charge is -2.31. The third kappa shape index (κ3) is 6.78. The predicted octanol–water partition coefficient (Wildman–Crippen LogP) is 3.99. The first-order chi connectivity index (χ1) is 14.3. The molecule has 8 heteroatoms. The third-order valence-corrected chi connectivity index (χ3v) is 5.32. The predicted molar refractivity (Wildman–Crippen MR) is 120 cm³/mol. The first-order valence-electron chi connectivity index (χ1n) is 10.1. The highest BCUT2D eigenvalue weighted by molar-refractivity contribution is 6.30. The lowest BCUT2D eigenvalue weighted by atomic mass is 10.2. The number of hydrogen-bond donors (Lipinski definition) is 1. The van der Waals surface area contributed by atoms with Gasteiger partial charge in [0.2, 0.25) is 5.91 Å². The van der Waals surface area contributed by atoms with Crippen LogP contribution >= 0.6 is 11.6 Å². The van der Waals surface area contributed by atoms with E-state index in [1.807, 2.05) is 43.8 Å². The number of nitrogens with one attached hydrogen (secondary N) is 1. The van der Waals surface area contributed by atoms with Crippen LogP contribution in [0.5, 0.6) is 0 Å². The molecule has 30 heavy (non-hydrogen) atoms. The molecule has 1 aromatic carbocycles. The molecule has 0 aliphatic heterocycles. The van der Waals surface area contributed by atoms with E-state index >= 15 is 0 Å². The van der Waals surface area contributed by atoms with E-state index in [0.717, 1.165) is 12.1 Å². The van der Waals surface area contributed by atoms with E-state index in [2.05, 4.69) is 5.32 Å². The van der Waals surface area contributed by atoms with Gasteiger partial charge in [-0.05, 0) is 43.7 Å². The zero-order chi connectivity index (χ0) is 22.1. The Morgan fingerprint density at radius 3 is 2.63 bits per heavy atom. The molecule has 0 saturated carbocycles. The Labute approximate surface area is 183 Å². The Hall–Kier alpha value is -2.51. The van der Waals surface area contributed by atoms with Gasteiger partial charge in [0.1, 0.15) is 6.54 Å². The van der Waals surface area contributed by atoms with Crippen molar-refractivity contribution in [1.29, 1.82) is 0 Å². The Morgan fingerprint density at radius 2 is 2.03 bits per heavy atom. The van der Waals surface area contributed by atoms with Crippen molar-refractivity contribution in [3.05, 3.63) is 53.3 Å². The van der Waals surface area contributed by atoms with Crippen LogP contribution in [0, 0.1) is 0 Å². The number of carbonyl (C=O) groups is 2. The maximum atomic E-state index is 13.1. The van der Waals surface area contributed by atoms with Crippen molar-refractivity contribution >= 4 is 29.2 Å². The van der Waals surface area contributed by atoms with Crippen LogP contribution in [0.2, 0.25) is 5.02 Å². The molecular formula is C22H31ClN4O3. The van der Waals surface area contributed by atoms with E-state index in [9.17, 15) is 9.59 Å². The first-order valence-corrected chi connectivity index (χ1v) is 10.4. The number of anilines is 1. The maximum Gasteiger partial charge on any atom is 0.322 e. The molecule has 7 nitrogen and oxygen atoms in total. The molecule has 164 valence electrons. The Balaban J connectivity index is 2.14. The average molecular weight is 435 g/mol. The highest BCUT2D eigenvalue weighted by Gasteiger charge is 2.25. The number of aromatic nitrogens is 1. The fourth-order valence-corrected chi connectivity index (χ4v) is 3.20. The molecule has 0 saturated heterocycles. The van der Waals surface area contributed by atoms with Gasteiger partial charge in [-0.3, -0.25) is 4.79 Å². The van der Waals surface area contributed by atoms with Crippen LogP contribution in [0.25, 0.3) is 0 Å². The molecule has 1 atom stereocenters. The molecule has 0 spiro atoms. The second-order valence-electron chi connectivity index (χ2n) is 7.24. The second-order valence-corrected chi connectivity index (χ2v) is 7.68. The number of halogens is 1. The summed E-state index contributed by atoms with van der Waals surface area (Å²) in [5.41, 5.74) is 1.60. The normalized spacial score (nSPS) is 11.8. The largest absolute Gasteiger partial charge is 0.383 e. The summed E-state index contributed by atoms with van der Waals surface area (Å²) in [6.45, 7) is 5.23. The van der Waals surface area contributed by atoms with Crippen molar-refractivity contribution in [3.63, 3.8) is 0 Å². The number of aryl methyl sites for hydroxylation is 1. The van der Waals surface area contributed by atoms with Crippen LogP contribution in [0.3, 0.4) is 0 Å². The van der Waals surface area contributed by atoms with Crippen molar-refractivity contribution in [2.45, 2.75) is 32.9 Å². The molecular weight excluding hydrogens is 404 g/mol. The van der Waals surface area contributed by atoms with E-state index in [1.54, 1.807) is 41.2 Å². The van der Waals surface area contributed by atoms with Gasteiger partial charge in [-0.2, -0.15) is 0 Å². The van der Waals surface area contributed by atoms with E-state index in [4.69, 9.17) is 16.3 Å². The summed E-state index contributed by atoms with van der Waals surface area (Å²) in [7, 11) is 3.55. The van der Waals surface area contributed by atoms with Crippen molar-refractivity contribution in [2.75, 3.05) is 32.1 Å². The average Bonchev–Trinajstić information content (AvgIpc) is 3.12. The maximum absolute atomic E-state index is 13.1. The second kappa shape index (κ2) is 11.6. The van der Waals surface area contributed by atoms with Gasteiger partial charge in [0.25, 0.3) is 0 Å². The van der Waals surface area contributed by atoms with E-state index < -0.39 is 0 Å². The van der Waals surface area contributed by atoms with Gasteiger partial charge in [-0.25, -0.2) is 4.79 Å². The molecule has 0 radical (unpaired) electrons. The lowest BCUT2D eigenvalue weighted by molar-refractivity contribution is -0.133. The van der Waals surface area contributed by atoms with Gasteiger partial charge in [-0.1, -0.05) is 24.6 Å². The molecule has 0 aliphatic rings. The van der Waals surface area contributed by atoms with Gasteiger partial charge in [0, 0.05) is 49.3 Å². The summed E-state index contributed by atoms with van der Waals surface area (Å²) in [6.07, 6.45) is 2.67. The number of methoxy groups -OCH3 is 1. The van der Waals surface area contributed by atoms with Crippen molar-refractivity contribution in [2.24, 2.45) is 7.05 Å². The number of urea groups is 1. The summed E-state index contributed by atoms with van der Waals surface area (Å²) in [6, 6.07) is 10.4. The minimum atomic E-state index is -0.328. The van der Waals surface area contributed by atoms with Crippen LogP contribution in [0.4, 0.5) is 10.5 Å². The molecule has 0 fully saturated rings. The van der Waals surface area contributed by atoms with E-state index in [-0.39, 0.29) is 24.5 Å². The number of carbonyl (C=O) groups excluding carboxylic acids is 2. The summed E-state index contributed by atoms with van der Waals surface area (Å²) in [4.78, 5) is 29.4. The van der Waals surface area contributed by atoms with Crippen molar-refractivity contribution in [3.8, 4) is 0 Å². The van der Waals surface area contributed by atoms with Gasteiger partial charge >= 0.3 is 6.03 Å². The fourth-order valence-electron chi connectivity index (χ4n) is 3.01. The number of amides is 3. The molecule has 1 heterocycles. The highest BCUT2D eigenvalue weighted by atomic mass is 35.5. The minimum Gasteiger partial charge on any atom is -0.383 e. The quantitative estimate of drug-likeness (QED) is 0.614. The van der Waals surface area contributed by atoms with Gasteiger partial charge in [0.15, 0.2) is 0 Å². The zero-order valence-corrected chi connectivity index (χ0v) is 18.9. The van der Waals surface area contributed by atoms with Gasteiger partial charge < -0.3 is 24.4 Å². The summed E-state index contributed by atoms with van der Waals surface area (Å²) >= 11 is 6.01. The smallest absolute Gasteiger partial charge is 0.322 e. The molecule has 2 aromatic rings. The number of nitrogens with zero attached hydrogens (tertiary/aromatic N) is 3. The number of ether oxygens (including phenoxy) is 1. The summed E-state index contributed by atoms with van der Waals surface area (Å²) < 4.78 is 7.15. The molecule has 3 amide bonds. The number of benzene rings is 1. The molecule has 0 aliphatic carbocycles. The van der Waals surface area contributed by atoms with Crippen LogP contribution in [-0.4, -0.2) is 59.2 Å². The van der Waals surface area contributed by atoms with Crippen molar-refractivity contribution in [1.82, 2.24) is 14.4 Å². The minimum absolute atomic E-state index is 0.0183. The van der Waals surface area contributed by atoms with Crippen LogP contribution in [0.15, 0.2) is 42.6 Å². The Kier molecular flexibility index (Phi) is 9.20. The van der Waals surface area contributed by atoms with Crippen LogP contribution in [0.1, 0.15) is 26.0 Å². The van der Waals surface area contributed by atoms with E-state index in [1.165, 1.54) is 0 Å². The standard InChI is InChI=1S/C22H31ClN4O3/c1-5-17(2)27(22(29)24-19-9-6-8-18(23)14-19)16-21(28)26(12-13-30-4)15-20-10-7-11-25(20)3/h6-11,14,17H,5,12-13,15-16H2,1-4H3,(H,24,29). The number of rotatable bonds is 10. The summed E-state index contributed by atoms with van der Waals surface area (Å²) in [5.74, 6) is -0.130. The molecule has 0 bridgehead atoms. The van der Waals surface area contributed by atoms with Gasteiger partial charge in [0.05, 0.1) is 13.2 Å². The highest BCUT2D eigenvalue weighted by Crippen LogP contribution is 2.17. The fraction of sp³-hybridized carbons (Fsp3) is 0.455. The Bertz CT molecular complexity index is 839. The Morgan fingerprint density at radius 1 is 1.27 bits per heavy atom. The summed E-state index contributed by atoms with van der Waals surface area (Å²) in [5, 5.41) is 3.38. The molecule has 1 unspecified atom stereocenters. The molecule has 1 aromatic heterocycles. The molecule has 2 rings (SSSR count). The monoisotopic (exact) mass is 434 g/mol. The van der Waals surface area contributed by atoms with Crippen LogP contribution in [-0.2, 0) is 23.1 Å². The third-order valence-electron chi connectivity index (χ3n) is 5.09. The first kappa shape index (κ1) is 23.8. The SMILES string of the molecule is CCC(C)N(CC(=O)N(CCOC)Cc1cccn1C)C(=O)Nc1cccc(Cl)c1. The van der Waals surface area contributed by atoms with Crippen LogP contribution < -0.4 is 5.32 Å². The zero-order valence-electron chi connectivity index (χ0n) is 18.1. The lowest BCUT2D eigenvalue weighted by Crippen LogP contribution is -2.48. The van der Waals surface area contributed by atoms with Crippen molar-refractivity contribution < 1.29 is 14.3 Å². The van der Waals surface area contributed by atoms with E-state index in [0.29, 0.717) is 30.4 Å². The molecule has 1 N–H and O–H groups in total. The number of hydrogen-bond acceptors (Lipinski definition) is 3. The van der Waals surface area contributed by atoms with Gasteiger partial charge in [-0.15, -0.1) is 0 Å².